The number of halogens is 3. The Hall–Kier alpha value is -4.25. The molecule has 0 bridgehead atoms. The van der Waals surface area contributed by atoms with E-state index in [0.29, 0.717) is 42.9 Å². The summed E-state index contributed by atoms with van der Waals surface area (Å²) in [5.41, 5.74) is -1.62. The van der Waals surface area contributed by atoms with Crippen molar-refractivity contribution >= 4 is 56.2 Å². The largest absolute Gasteiger partial charge is 0.472 e. The first-order chi connectivity index (χ1) is 25.4. The average Bonchev–Trinajstić information content (AvgIpc) is 3.98. The zero-order valence-electron chi connectivity index (χ0n) is 30.0. The summed E-state index contributed by atoms with van der Waals surface area (Å²) in [6, 6.07) is 3.70. The SMILES string of the molecule is C[C@@H]1CC/C=C\[C@@H]2C[C@@]2(C(=O)NS(=O)(=O)C2(C)CC2)NC(=O)[C@@H]2C[C@@H](Oc3nc(OCC(F)F)cc4c(Cl)cccc34)CN2C(=O)[C@@H](NC(=O)O)[C@H](C)C1. The number of amides is 4. The van der Waals surface area contributed by atoms with Crippen molar-refractivity contribution in [2.75, 3.05) is 13.2 Å². The molecule has 2 aliphatic carbocycles. The Kier molecular flexibility index (Phi) is 11.0. The molecule has 18 heteroatoms. The number of pyridine rings is 1. The summed E-state index contributed by atoms with van der Waals surface area (Å²) in [5, 5.41) is 15.9. The summed E-state index contributed by atoms with van der Waals surface area (Å²) in [6.45, 7) is 4.11. The van der Waals surface area contributed by atoms with Crippen molar-refractivity contribution in [3.8, 4) is 11.8 Å². The highest BCUT2D eigenvalue weighted by molar-refractivity contribution is 7.91. The Morgan fingerprint density at radius 2 is 1.93 bits per heavy atom. The van der Waals surface area contributed by atoms with Gasteiger partial charge in [0.05, 0.1) is 11.3 Å². The minimum absolute atomic E-state index is 0.0633. The first-order valence-electron chi connectivity index (χ1n) is 18.0. The molecule has 2 aromatic rings. The first kappa shape index (κ1) is 39.4. The smallest absolute Gasteiger partial charge is 0.405 e. The predicted octanol–water partition coefficient (Wildman–Crippen LogP) is 4.40. The number of fused-ring (bicyclic) bond motifs is 3. The van der Waals surface area contributed by atoms with Crippen LogP contribution in [0.2, 0.25) is 5.02 Å². The number of rotatable bonds is 9. The van der Waals surface area contributed by atoms with E-state index < -0.39 is 87.2 Å². The molecule has 4 amide bonds. The molecule has 0 radical (unpaired) electrons. The van der Waals surface area contributed by atoms with Gasteiger partial charge in [-0.3, -0.25) is 19.1 Å². The van der Waals surface area contributed by atoms with E-state index in [-0.39, 0.29) is 42.1 Å². The second-order valence-corrected chi connectivity index (χ2v) is 17.8. The lowest BCUT2D eigenvalue weighted by Gasteiger charge is -2.32. The molecule has 6 rings (SSSR count). The van der Waals surface area contributed by atoms with Crippen molar-refractivity contribution in [2.24, 2.45) is 17.8 Å². The fraction of sp³-hybridized carbons (Fsp3) is 0.583. The van der Waals surface area contributed by atoms with Crippen molar-refractivity contribution in [3.05, 3.63) is 41.4 Å². The summed E-state index contributed by atoms with van der Waals surface area (Å²) >= 11 is 6.43. The second-order valence-electron chi connectivity index (χ2n) is 15.2. The van der Waals surface area contributed by atoms with Gasteiger partial charge in [0.2, 0.25) is 33.6 Å². The van der Waals surface area contributed by atoms with E-state index in [4.69, 9.17) is 21.1 Å². The van der Waals surface area contributed by atoms with Crippen molar-refractivity contribution < 1.29 is 51.0 Å². The molecule has 3 fully saturated rings. The van der Waals surface area contributed by atoms with Crippen molar-refractivity contribution in [1.29, 1.82) is 0 Å². The molecule has 14 nitrogen and oxygen atoms in total. The molecule has 3 heterocycles. The van der Waals surface area contributed by atoms with Crippen LogP contribution in [-0.4, -0.2) is 95.3 Å². The Balaban J connectivity index is 1.35. The summed E-state index contributed by atoms with van der Waals surface area (Å²) in [4.78, 5) is 60.0. The van der Waals surface area contributed by atoms with Crippen LogP contribution in [0.4, 0.5) is 13.6 Å². The molecule has 1 aromatic heterocycles. The van der Waals surface area contributed by atoms with Gasteiger partial charge in [0.1, 0.15) is 23.7 Å². The molecule has 4 N–H and O–H groups in total. The lowest BCUT2D eigenvalue weighted by Crippen LogP contribution is -2.59. The Bertz CT molecular complexity index is 1960. The zero-order valence-corrected chi connectivity index (χ0v) is 31.6. The number of carbonyl (C=O) groups excluding carboxylic acids is 3. The van der Waals surface area contributed by atoms with Crippen LogP contribution in [0.3, 0.4) is 0 Å². The molecular formula is C36H44ClF2N5O9S. The molecule has 294 valence electrons. The maximum Gasteiger partial charge on any atom is 0.405 e. The molecule has 0 unspecified atom stereocenters. The lowest BCUT2D eigenvalue weighted by atomic mass is 9.88. The summed E-state index contributed by atoms with van der Waals surface area (Å²) < 4.78 is 64.9. The summed E-state index contributed by atoms with van der Waals surface area (Å²) in [7, 11) is -4.06. The standard InChI is InChI=1S/C36H44ClF2N5O9S/c1-19-7-4-5-8-21-16-36(21,33(47)43-54(50,51)35(3)11-12-35)42-30(45)26-14-22(17-44(26)32(46)29(20(2)13-19)41-34(48)49)53-31-23-9-6-10-25(37)24(23)15-28(40-31)52-18-27(38)39/h5-6,8-10,15,19-22,26-27,29,41H,4,7,11-14,16-18H2,1-3H3,(H,42,45)(H,43,47)(H,48,49)/b8-5-/t19-,20-,21-,22-,26+,29+,36-/m1/s1. The molecule has 1 aromatic carbocycles. The number of hydrogen-bond acceptors (Lipinski definition) is 9. The lowest BCUT2D eigenvalue weighted by molar-refractivity contribution is -0.142. The van der Waals surface area contributed by atoms with Crippen molar-refractivity contribution in [3.63, 3.8) is 0 Å². The van der Waals surface area contributed by atoms with Gasteiger partial charge in [0.15, 0.2) is 6.61 Å². The summed E-state index contributed by atoms with van der Waals surface area (Å²) in [6.07, 6.45) is 1.02. The minimum Gasteiger partial charge on any atom is -0.472 e. The minimum atomic E-state index is -4.06. The number of allylic oxidation sites excluding steroid dienone is 1. The highest BCUT2D eigenvalue weighted by atomic mass is 35.5. The van der Waals surface area contributed by atoms with Crippen LogP contribution in [-0.2, 0) is 24.4 Å². The molecule has 1 saturated heterocycles. The zero-order chi connectivity index (χ0) is 39.2. The fourth-order valence-corrected chi connectivity index (χ4v) is 8.93. The van der Waals surface area contributed by atoms with Crippen molar-refractivity contribution in [1.82, 2.24) is 25.2 Å². The number of benzene rings is 1. The van der Waals surface area contributed by atoms with Crippen LogP contribution >= 0.6 is 11.6 Å². The highest BCUT2D eigenvalue weighted by Crippen LogP contribution is 2.47. The van der Waals surface area contributed by atoms with Gasteiger partial charge in [-0.1, -0.05) is 43.7 Å². The summed E-state index contributed by atoms with van der Waals surface area (Å²) in [5.74, 6) is -3.56. The van der Waals surface area contributed by atoms with Gasteiger partial charge in [-0.05, 0) is 69.4 Å². The van der Waals surface area contributed by atoms with Gasteiger partial charge in [0, 0.05) is 34.2 Å². The quantitative estimate of drug-likeness (QED) is 0.265. The van der Waals surface area contributed by atoms with Gasteiger partial charge >= 0.3 is 6.09 Å². The molecule has 2 aliphatic heterocycles. The van der Waals surface area contributed by atoms with E-state index in [2.05, 4.69) is 20.3 Å². The van der Waals surface area contributed by atoms with Crippen LogP contribution < -0.4 is 24.8 Å². The van der Waals surface area contributed by atoms with E-state index in [1.807, 2.05) is 13.0 Å². The number of hydrogen-bond donors (Lipinski definition) is 4. The molecule has 2 saturated carbocycles. The Morgan fingerprint density at radius 1 is 1.19 bits per heavy atom. The van der Waals surface area contributed by atoms with E-state index in [9.17, 15) is 41.5 Å². The normalized spacial score (nSPS) is 30.2. The molecule has 4 aliphatic rings. The molecule has 54 heavy (non-hydrogen) atoms. The van der Waals surface area contributed by atoms with E-state index in [1.165, 1.54) is 17.9 Å². The van der Waals surface area contributed by atoms with Gasteiger partial charge in [0.25, 0.3) is 12.3 Å². The van der Waals surface area contributed by atoms with Crippen LogP contribution in [0.5, 0.6) is 11.8 Å². The number of nitrogens with one attached hydrogen (secondary N) is 3. The van der Waals surface area contributed by atoms with Gasteiger partial charge in [-0.15, -0.1) is 0 Å². The van der Waals surface area contributed by atoms with Crippen LogP contribution in [0, 0.1) is 17.8 Å². The van der Waals surface area contributed by atoms with E-state index in [0.717, 1.165) is 0 Å². The molecule has 7 atom stereocenters. The Labute approximate surface area is 316 Å². The number of ether oxygens (including phenoxy) is 2. The van der Waals surface area contributed by atoms with E-state index in [1.54, 1.807) is 31.2 Å². The fourth-order valence-electron chi connectivity index (χ4n) is 7.39. The van der Waals surface area contributed by atoms with Crippen LogP contribution in [0.25, 0.3) is 10.8 Å². The number of nitrogens with zero attached hydrogens (tertiary/aromatic N) is 2. The van der Waals surface area contributed by atoms with Gasteiger partial charge < -0.3 is 30.1 Å². The third-order valence-electron chi connectivity index (χ3n) is 10.9. The topological polar surface area (TPSA) is 193 Å². The first-order valence-corrected chi connectivity index (χ1v) is 19.8. The number of carbonyl (C=O) groups is 4. The third-order valence-corrected chi connectivity index (χ3v) is 13.4. The van der Waals surface area contributed by atoms with E-state index >= 15 is 0 Å². The monoisotopic (exact) mass is 795 g/mol. The maximum absolute atomic E-state index is 14.4. The predicted molar refractivity (Wildman–Crippen MR) is 193 cm³/mol. The maximum atomic E-state index is 14.4. The third kappa shape index (κ3) is 8.21. The number of aromatic nitrogens is 1. The Morgan fingerprint density at radius 3 is 2.61 bits per heavy atom. The number of carboxylic acid groups (broad SMARTS) is 1. The van der Waals surface area contributed by atoms with Crippen LogP contribution in [0.1, 0.15) is 65.7 Å². The molecule has 0 spiro atoms. The highest BCUT2D eigenvalue weighted by Gasteiger charge is 2.63. The van der Waals surface area contributed by atoms with Crippen LogP contribution in [0.15, 0.2) is 36.4 Å². The number of alkyl halides is 2. The average molecular weight is 796 g/mol. The van der Waals surface area contributed by atoms with Crippen molar-refractivity contribution in [2.45, 2.75) is 101 Å². The number of sulfonamides is 1. The van der Waals surface area contributed by atoms with Gasteiger partial charge in [-0.25, -0.2) is 22.0 Å². The molecular weight excluding hydrogens is 752 g/mol. The second kappa shape index (κ2) is 15.1. The van der Waals surface area contributed by atoms with Gasteiger partial charge in [-0.2, -0.15) is 4.98 Å².